The molecule has 1 saturated heterocycles. The molecule has 2 aromatic carbocycles. The summed E-state index contributed by atoms with van der Waals surface area (Å²) in [4.78, 5) is 17.6. The Balaban J connectivity index is 1.80. The van der Waals surface area contributed by atoms with E-state index in [0.717, 1.165) is 0 Å². The average molecular weight is 414 g/mol. The van der Waals surface area contributed by atoms with E-state index in [2.05, 4.69) is 9.72 Å². The van der Waals surface area contributed by atoms with Crippen molar-refractivity contribution in [1.82, 2.24) is 9.88 Å². The molecule has 2 unspecified atom stereocenters. The van der Waals surface area contributed by atoms with Gasteiger partial charge in [0.05, 0.1) is 0 Å². The van der Waals surface area contributed by atoms with Crippen molar-refractivity contribution in [1.29, 1.82) is 0 Å². The van der Waals surface area contributed by atoms with E-state index >= 15 is 0 Å². The van der Waals surface area contributed by atoms with Gasteiger partial charge in [-0.1, -0.05) is 48.5 Å². The average Bonchev–Trinajstić information content (AvgIpc) is 3.03. The Hall–Kier alpha value is -3.55. The predicted octanol–water partition coefficient (Wildman–Crippen LogP) is 5.51. The summed E-state index contributed by atoms with van der Waals surface area (Å²) in [6, 6.07) is 16.0. The van der Waals surface area contributed by atoms with Crippen LogP contribution in [0.25, 0.3) is 11.1 Å². The number of alkyl halides is 3. The van der Waals surface area contributed by atoms with Gasteiger partial charge in [-0.2, -0.15) is 0 Å². The molecule has 2 heterocycles. The van der Waals surface area contributed by atoms with Gasteiger partial charge >= 0.3 is 12.5 Å². The Morgan fingerprint density at radius 1 is 1.03 bits per heavy atom. The molecular weight excluding hydrogens is 397 g/mol. The fourth-order valence-corrected chi connectivity index (χ4v) is 3.55. The number of hydrogen-bond acceptors (Lipinski definition) is 4. The Bertz CT molecular complexity index is 1040. The first kappa shape index (κ1) is 19.8. The Morgan fingerprint density at radius 2 is 1.80 bits per heavy atom. The number of hydrogen-bond donors (Lipinski definition) is 0. The molecular formula is C22H17F3N2O3. The first-order chi connectivity index (χ1) is 14.3. The van der Waals surface area contributed by atoms with Crippen molar-refractivity contribution in [2.24, 2.45) is 0 Å². The summed E-state index contributed by atoms with van der Waals surface area (Å²) in [5.41, 5.74) is 1.98. The summed E-state index contributed by atoms with van der Waals surface area (Å²) in [6.07, 6.45) is -2.99. The molecule has 0 aliphatic carbocycles. The van der Waals surface area contributed by atoms with Gasteiger partial charge < -0.3 is 14.4 Å². The minimum absolute atomic E-state index is 0.294. The maximum absolute atomic E-state index is 13.1. The maximum atomic E-state index is 13.1. The molecule has 30 heavy (non-hydrogen) atoms. The van der Waals surface area contributed by atoms with E-state index in [1.54, 1.807) is 74.0 Å². The number of benzene rings is 2. The third-order valence-electron chi connectivity index (χ3n) is 4.89. The van der Waals surface area contributed by atoms with Crippen LogP contribution in [-0.4, -0.2) is 29.4 Å². The van der Waals surface area contributed by atoms with Gasteiger partial charge in [-0.3, -0.25) is 4.98 Å². The quantitative estimate of drug-likeness (QED) is 0.565. The van der Waals surface area contributed by atoms with Crippen LogP contribution in [-0.2, 0) is 4.74 Å². The van der Waals surface area contributed by atoms with E-state index in [9.17, 15) is 18.0 Å². The number of carbonyl (C=O) groups excluding carboxylic acids is 1. The van der Waals surface area contributed by atoms with Crippen LogP contribution in [0.4, 0.5) is 18.0 Å². The zero-order valence-electron chi connectivity index (χ0n) is 15.8. The van der Waals surface area contributed by atoms with Gasteiger partial charge in [0.25, 0.3) is 0 Å². The minimum atomic E-state index is -4.86. The Morgan fingerprint density at radius 3 is 2.47 bits per heavy atom. The topological polar surface area (TPSA) is 51.7 Å². The summed E-state index contributed by atoms with van der Waals surface area (Å²) in [6.45, 7) is 0. The molecule has 0 saturated carbocycles. The van der Waals surface area contributed by atoms with Gasteiger partial charge in [0.15, 0.2) is 6.10 Å². The Kier molecular flexibility index (Phi) is 5.07. The standard InChI is InChI=1S/C22H17F3N2O3/c1-27-19(20(29-21(27)28)16-8-5-11-26-13-16)15-9-10-17(14-6-3-2-4-7-14)18(12-15)30-22(23,24)25/h2-13,19-20H,1H3. The molecule has 1 fully saturated rings. The highest BCUT2D eigenvalue weighted by molar-refractivity contribution is 5.73. The molecule has 1 aliphatic heterocycles. The number of pyridine rings is 1. The van der Waals surface area contributed by atoms with E-state index in [4.69, 9.17) is 4.74 Å². The Labute approximate surface area is 170 Å². The predicted molar refractivity (Wildman–Crippen MR) is 103 cm³/mol. The van der Waals surface area contributed by atoms with Crippen LogP contribution in [0.5, 0.6) is 5.75 Å². The lowest BCUT2D eigenvalue weighted by atomic mass is 9.94. The number of rotatable bonds is 4. The highest BCUT2D eigenvalue weighted by Crippen LogP contribution is 2.44. The number of halogens is 3. The van der Waals surface area contributed by atoms with E-state index in [1.807, 2.05) is 0 Å². The fraction of sp³-hybridized carbons (Fsp3) is 0.182. The largest absolute Gasteiger partial charge is 0.573 e. The molecule has 2 atom stereocenters. The van der Waals surface area contributed by atoms with Gasteiger partial charge in [0.2, 0.25) is 0 Å². The first-order valence-corrected chi connectivity index (χ1v) is 9.12. The van der Waals surface area contributed by atoms with Crippen LogP contribution < -0.4 is 4.74 Å². The lowest BCUT2D eigenvalue weighted by Gasteiger charge is -2.23. The monoisotopic (exact) mass is 414 g/mol. The molecule has 1 amide bonds. The van der Waals surface area contributed by atoms with Gasteiger partial charge in [-0.25, -0.2) is 4.79 Å². The van der Waals surface area contributed by atoms with Crippen molar-refractivity contribution in [2.75, 3.05) is 7.05 Å². The zero-order chi connectivity index (χ0) is 21.3. The fourth-order valence-electron chi connectivity index (χ4n) is 3.55. The first-order valence-electron chi connectivity index (χ1n) is 9.12. The van der Waals surface area contributed by atoms with E-state index < -0.39 is 24.6 Å². The maximum Gasteiger partial charge on any atom is 0.573 e. The second kappa shape index (κ2) is 7.70. The van der Waals surface area contributed by atoms with Gasteiger partial charge in [-0.15, -0.1) is 13.2 Å². The lowest BCUT2D eigenvalue weighted by molar-refractivity contribution is -0.274. The van der Waals surface area contributed by atoms with Crippen molar-refractivity contribution in [3.8, 4) is 16.9 Å². The number of carbonyl (C=O) groups is 1. The summed E-state index contributed by atoms with van der Waals surface area (Å²) in [5.74, 6) is -0.344. The molecule has 0 spiro atoms. The molecule has 1 aromatic heterocycles. The highest BCUT2D eigenvalue weighted by atomic mass is 19.4. The number of ether oxygens (including phenoxy) is 2. The third-order valence-corrected chi connectivity index (χ3v) is 4.89. The summed E-state index contributed by atoms with van der Waals surface area (Å²) in [7, 11) is 1.54. The molecule has 4 rings (SSSR count). The van der Waals surface area contributed by atoms with E-state index in [-0.39, 0.29) is 5.75 Å². The lowest BCUT2D eigenvalue weighted by Crippen LogP contribution is -2.24. The molecule has 0 N–H and O–H groups in total. The van der Waals surface area contributed by atoms with Crippen LogP contribution >= 0.6 is 0 Å². The molecule has 0 bridgehead atoms. The number of likely N-dealkylation sites (N-methyl/N-ethyl adjacent to an activating group) is 1. The van der Waals surface area contributed by atoms with Crippen molar-refractivity contribution in [3.05, 3.63) is 84.2 Å². The SMILES string of the molecule is CN1C(=O)OC(c2cccnc2)C1c1ccc(-c2ccccc2)c(OC(F)(F)F)c1. The summed E-state index contributed by atoms with van der Waals surface area (Å²) < 4.78 is 49.1. The van der Waals surface area contributed by atoms with Crippen molar-refractivity contribution < 1.29 is 27.4 Å². The van der Waals surface area contributed by atoms with Crippen LogP contribution in [0.2, 0.25) is 0 Å². The van der Waals surface area contributed by atoms with Crippen LogP contribution in [0.15, 0.2) is 73.1 Å². The molecule has 154 valence electrons. The van der Waals surface area contributed by atoms with Crippen LogP contribution in [0, 0.1) is 0 Å². The van der Waals surface area contributed by atoms with E-state index in [0.29, 0.717) is 22.3 Å². The number of amides is 1. The minimum Gasteiger partial charge on any atom is -0.439 e. The number of aromatic nitrogens is 1. The van der Waals surface area contributed by atoms with Crippen LogP contribution in [0.3, 0.4) is 0 Å². The summed E-state index contributed by atoms with van der Waals surface area (Å²) >= 11 is 0. The number of nitrogens with zero attached hydrogens (tertiary/aromatic N) is 2. The van der Waals surface area contributed by atoms with Crippen molar-refractivity contribution in [2.45, 2.75) is 18.5 Å². The molecule has 8 heteroatoms. The third kappa shape index (κ3) is 3.94. The van der Waals surface area contributed by atoms with Gasteiger partial charge in [0.1, 0.15) is 11.8 Å². The normalized spacial score (nSPS) is 18.9. The van der Waals surface area contributed by atoms with Crippen LogP contribution in [0.1, 0.15) is 23.3 Å². The molecule has 0 radical (unpaired) electrons. The van der Waals surface area contributed by atoms with E-state index in [1.165, 1.54) is 11.0 Å². The van der Waals surface area contributed by atoms with Gasteiger partial charge in [0, 0.05) is 30.6 Å². The van der Waals surface area contributed by atoms with Crippen molar-refractivity contribution >= 4 is 6.09 Å². The molecule has 1 aliphatic rings. The summed E-state index contributed by atoms with van der Waals surface area (Å²) in [5, 5.41) is 0. The second-order valence-electron chi connectivity index (χ2n) is 6.82. The van der Waals surface area contributed by atoms with Crippen molar-refractivity contribution in [3.63, 3.8) is 0 Å². The zero-order valence-corrected chi connectivity index (χ0v) is 15.8. The number of cyclic esters (lactones) is 1. The highest BCUT2D eigenvalue weighted by Gasteiger charge is 2.42. The smallest absolute Gasteiger partial charge is 0.439 e. The molecule has 3 aromatic rings. The second-order valence-corrected chi connectivity index (χ2v) is 6.82. The van der Waals surface area contributed by atoms with Gasteiger partial charge in [-0.05, 0) is 23.3 Å². The molecule has 5 nitrogen and oxygen atoms in total.